The van der Waals surface area contributed by atoms with E-state index in [9.17, 15) is 0 Å². The molecule has 130 valence electrons. The monoisotopic (exact) mass is 356 g/mol. The van der Waals surface area contributed by atoms with Crippen molar-refractivity contribution in [2.45, 2.75) is 19.5 Å². The lowest BCUT2D eigenvalue weighted by Gasteiger charge is -2.25. The molecule has 1 aliphatic rings. The minimum absolute atomic E-state index is 0.817. The Morgan fingerprint density at radius 3 is 3.12 bits per heavy atom. The van der Waals surface area contributed by atoms with Crippen LogP contribution in [-0.2, 0) is 19.5 Å². The fourth-order valence-corrected chi connectivity index (χ4v) is 3.78. The zero-order valence-electron chi connectivity index (χ0n) is 14.3. The Bertz CT molecular complexity index is 874. The topological polar surface area (TPSA) is 63.4 Å². The van der Waals surface area contributed by atoms with Gasteiger partial charge in [-0.05, 0) is 12.1 Å². The van der Waals surface area contributed by atoms with Crippen molar-refractivity contribution in [1.29, 1.82) is 0 Å². The Kier molecular flexibility index (Phi) is 4.42. The summed E-state index contributed by atoms with van der Waals surface area (Å²) < 4.78 is 10.9. The summed E-state index contributed by atoms with van der Waals surface area (Å²) in [5, 5.41) is 10.5. The normalized spacial score (nSPS) is 14.3. The number of rotatable bonds is 5. The van der Waals surface area contributed by atoms with E-state index in [2.05, 4.69) is 25.7 Å². The summed E-state index contributed by atoms with van der Waals surface area (Å²) in [6, 6.07) is 7.95. The maximum Gasteiger partial charge on any atom is 0.182 e. The van der Waals surface area contributed by atoms with Crippen LogP contribution < -0.4 is 10.1 Å². The SMILES string of the molecule is CNc1nc(CN2CCc3onc(-c4cccc(OC)c4)c3C2)cs1. The molecule has 4 rings (SSSR count). The van der Waals surface area contributed by atoms with Gasteiger partial charge < -0.3 is 14.6 Å². The predicted molar refractivity (Wildman–Crippen MR) is 98.0 cm³/mol. The summed E-state index contributed by atoms with van der Waals surface area (Å²) in [7, 11) is 3.57. The number of anilines is 1. The van der Waals surface area contributed by atoms with Gasteiger partial charge >= 0.3 is 0 Å². The minimum atomic E-state index is 0.817. The van der Waals surface area contributed by atoms with E-state index in [0.29, 0.717) is 0 Å². The molecule has 7 heteroatoms. The van der Waals surface area contributed by atoms with Gasteiger partial charge in [0.05, 0.1) is 12.8 Å². The Balaban J connectivity index is 1.56. The van der Waals surface area contributed by atoms with E-state index >= 15 is 0 Å². The van der Waals surface area contributed by atoms with Crippen LogP contribution in [0.2, 0.25) is 0 Å². The number of hydrogen-bond acceptors (Lipinski definition) is 7. The van der Waals surface area contributed by atoms with E-state index in [1.54, 1.807) is 18.4 Å². The van der Waals surface area contributed by atoms with Gasteiger partial charge in [-0.1, -0.05) is 17.3 Å². The van der Waals surface area contributed by atoms with E-state index in [0.717, 1.165) is 59.6 Å². The standard InChI is InChI=1S/C18H20N4O2S/c1-19-18-20-13(11-25-18)9-22-7-6-16-15(10-22)17(21-24-16)12-4-3-5-14(8-12)23-2/h3-5,8,11H,6-7,9-10H2,1-2H3,(H,19,20). The highest BCUT2D eigenvalue weighted by atomic mass is 32.1. The van der Waals surface area contributed by atoms with E-state index in [4.69, 9.17) is 9.26 Å². The van der Waals surface area contributed by atoms with Crippen LogP contribution in [-0.4, -0.2) is 35.7 Å². The van der Waals surface area contributed by atoms with Crippen LogP contribution in [0.3, 0.4) is 0 Å². The highest BCUT2D eigenvalue weighted by molar-refractivity contribution is 7.13. The molecular weight excluding hydrogens is 336 g/mol. The molecule has 0 spiro atoms. The molecule has 0 atom stereocenters. The van der Waals surface area contributed by atoms with E-state index in [1.807, 2.05) is 31.3 Å². The summed E-state index contributed by atoms with van der Waals surface area (Å²) in [6.07, 6.45) is 0.870. The molecule has 0 saturated heterocycles. The number of nitrogens with zero attached hydrogens (tertiary/aromatic N) is 3. The zero-order valence-corrected chi connectivity index (χ0v) is 15.1. The number of hydrogen-bond donors (Lipinski definition) is 1. The van der Waals surface area contributed by atoms with Crippen molar-refractivity contribution in [3.05, 3.63) is 46.7 Å². The molecule has 0 fully saturated rings. The van der Waals surface area contributed by atoms with Gasteiger partial charge in [-0.25, -0.2) is 4.98 Å². The van der Waals surface area contributed by atoms with Crippen LogP contribution in [0.5, 0.6) is 5.75 Å². The molecule has 6 nitrogen and oxygen atoms in total. The highest BCUT2D eigenvalue weighted by Gasteiger charge is 2.25. The third-order valence-electron chi connectivity index (χ3n) is 4.40. The molecule has 0 radical (unpaired) electrons. The number of thiazole rings is 1. The fourth-order valence-electron chi connectivity index (χ4n) is 3.12. The second kappa shape index (κ2) is 6.85. The first-order chi connectivity index (χ1) is 12.3. The van der Waals surface area contributed by atoms with E-state index in [-0.39, 0.29) is 0 Å². The molecule has 1 aromatic carbocycles. The van der Waals surface area contributed by atoms with Crippen molar-refractivity contribution in [2.24, 2.45) is 0 Å². The largest absolute Gasteiger partial charge is 0.497 e. The Labute approximate surface area is 150 Å². The smallest absolute Gasteiger partial charge is 0.182 e. The molecule has 0 saturated carbocycles. The number of fused-ring (bicyclic) bond motifs is 1. The van der Waals surface area contributed by atoms with Gasteiger partial charge in [0.25, 0.3) is 0 Å². The van der Waals surface area contributed by atoms with Crippen molar-refractivity contribution in [3.8, 4) is 17.0 Å². The van der Waals surface area contributed by atoms with Gasteiger partial charge in [0.1, 0.15) is 17.2 Å². The number of aromatic nitrogens is 2. The van der Waals surface area contributed by atoms with Crippen LogP contribution in [0.4, 0.5) is 5.13 Å². The lowest BCUT2D eigenvalue weighted by molar-refractivity contribution is 0.226. The number of nitrogens with one attached hydrogen (secondary N) is 1. The van der Waals surface area contributed by atoms with Crippen LogP contribution in [0.1, 0.15) is 17.0 Å². The summed E-state index contributed by atoms with van der Waals surface area (Å²) in [6.45, 7) is 2.60. The van der Waals surface area contributed by atoms with Crippen LogP contribution in [0.25, 0.3) is 11.3 Å². The lowest BCUT2D eigenvalue weighted by atomic mass is 10.0. The molecule has 1 aliphatic heterocycles. The molecule has 0 bridgehead atoms. The van der Waals surface area contributed by atoms with Crippen molar-refractivity contribution >= 4 is 16.5 Å². The predicted octanol–water partition coefficient (Wildman–Crippen LogP) is 3.41. The van der Waals surface area contributed by atoms with Gasteiger partial charge in [-0.2, -0.15) is 0 Å². The summed E-state index contributed by atoms with van der Waals surface area (Å²) >= 11 is 1.64. The molecule has 3 heterocycles. The average molecular weight is 356 g/mol. The van der Waals surface area contributed by atoms with Crippen LogP contribution >= 0.6 is 11.3 Å². The summed E-state index contributed by atoms with van der Waals surface area (Å²) in [5.74, 6) is 1.81. The van der Waals surface area contributed by atoms with Crippen LogP contribution in [0, 0.1) is 0 Å². The highest BCUT2D eigenvalue weighted by Crippen LogP contribution is 2.32. The first kappa shape index (κ1) is 16.1. The van der Waals surface area contributed by atoms with Gasteiger partial charge in [-0.15, -0.1) is 11.3 Å². The molecule has 0 amide bonds. The molecule has 3 aromatic rings. The quantitative estimate of drug-likeness (QED) is 0.756. The summed E-state index contributed by atoms with van der Waals surface area (Å²) in [5.41, 5.74) is 4.20. The molecular formula is C18H20N4O2S. The van der Waals surface area contributed by atoms with Crippen molar-refractivity contribution in [1.82, 2.24) is 15.0 Å². The second-order valence-electron chi connectivity index (χ2n) is 6.02. The number of benzene rings is 1. The third kappa shape index (κ3) is 3.25. The average Bonchev–Trinajstić information content (AvgIpc) is 3.28. The molecule has 25 heavy (non-hydrogen) atoms. The van der Waals surface area contributed by atoms with Gasteiger partial charge in [0.2, 0.25) is 0 Å². The fraction of sp³-hybridized carbons (Fsp3) is 0.333. The van der Waals surface area contributed by atoms with Crippen molar-refractivity contribution < 1.29 is 9.26 Å². The van der Waals surface area contributed by atoms with E-state index in [1.165, 1.54) is 5.56 Å². The third-order valence-corrected chi connectivity index (χ3v) is 5.31. The van der Waals surface area contributed by atoms with Gasteiger partial charge in [0, 0.05) is 49.6 Å². The van der Waals surface area contributed by atoms with Gasteiger partial charge in [-0.3, -0.25) is 4.90 Å². The molecule has 0 unspecified atom stereocenters. The summed E-state index contributed by atoms with van der Waals surface area (Å²) in [4.78, 5) is 6.97. The number of ether oxygens (including phenoxy) is 1. The number of methoxy groups -OCH3 is 1. The maximum atomic E-state index is 5.59. The molecule has 2 aromatic heterocycles. The second-order valence-corrected chi connectivity index (χ2v) is 6.88. The van der Waals surface area contributed by atoms with Crippen LogP contribution in [0.15, 0.2) is 34.2 Å². The maximum absolute atomic E-state index is 5.59. The Morgan fingerprint density at radius 2 is 2.32 bits per heavy atom. The van der Waals surface area contributed by atoms with E-state index < -0.39 is 0 Å². The zero-order chi connectivity index (χ0) is 17.2. The first-order valence-electron chi connectivity index (χ1n) is 8.23. The molecule has 0 aliphatic carbocycles. The van der Waals surface area contributed by atoms with Crippen molar-refractivity contribution in [3.63, 3.8) is 0 Å². The lowest BCUT2D eigenvalue weighted by Crippen LogP contribution is -2.29. The first-order valence-corrected chi connectivity index (χ1v) is 9.11. The molecule has 1 N–H and O–H groups in total. The Hall–Kier alpha value is -2.38. The van der Waals surface area contributed by atoms with Crippen molar-refractivity contribution in [2.75, 3.05) is 26.0 Å². The van der Waals surface area contributed by atoms with Gasteiger partial charge in [0.15, 0.2) is 5.13 Å². The Morgan fingerprint density at radius 1 is 1.40 bits per heavy atom. The minimum Gasteiger partial charge on any atom is -0.497 e.